The van der Waals surface area contributed by atoms with Gasteiger partial charge in [-0.25, -0.2) is 4.79 Å². The van der Waals surface area contributed by atoms with Gasteiger partial charge in [-0.3, -0.25) is 0 Å². The Morgan fingerprint density at radius 2 is 2.18 bits per heavy atom. The number of ether oxygens (including phenoxy) is 1. The molecule has 1 aromatic heterocycles. The topological polar surface area (TPSA) is 51.2 Å². The van der Waals surface area contributed by atoms with E-state index in [1.165, 1.54) is 0 Å². The minimum atomic E-state index is -4.34. The van der Waals surface area contributed by atoms with Crippen LogP contribution in [-0.4, -0.2) is 29.7 Å². The molecule has 1 rings (SSSR count). The van der Waals surface area contributed by atoms with Gasteiger partial charge in [0.25, 0.3) is 0 Å². The van der Waals surface area contributed by atoms with Gasteiger partial charge in [-0.05, 0) is 25.4 Å². The first-order chi connectivity index (χ1) is 7.85. The smallest absolute Gasteiger partial charge is 0.405 e. The number of carbonyl (C=O) groups excluding carboxylic acids is 1. The fourth-order valence-electron chi connectivity index (χ4n) is 1.11. The van der Waals surface area contributed by atoms with Crippen molar-refractivity contribution >= 4 is 22.5 Å². The summed E-state index contributed by atoms with van der Waals surface area (Å²) in [6.07, 6.45) is -4.34. The highest BCUT2D eigenvalue weighted by Gasteiger charge is 2.29. The van der Waals surface area contributed by atoms with Crippen molar-refractivity contribution in [1.82, 2.24) is 4.37 Å². The summed E-state index contributed by atoms with van der Waals surface area (Å²) < 4.78 is 44.7. The van der Waals surface area contributed by atoms with Crippen LogP contribution in [0.1, 0.15) is 23.0 Å². The molecule has 0 saturated heterocycles. The van der Waals surface area contributed by atoms with Crippen molar-refractivity contribution in [3.8, 4) is 0 Å². The Kier molecular flexibility index (Phi) is 4.33. The number of carbonyl (C=O) groups is 1. The molecule has 0 saturated carbocycles. The van der Waals surface area contributed by atoms with Crippen LogP contribution >= 0.6 is 11.5 Å². The normalized spacial score (nSPS) is 11.4. The van der Waals surface area contributed by atoms with Crippen LogP contribution in [0.2, 0.25) is 0 Å². The number of aromatic nitrogens is 1. The van der Waals surface area contributed by atoms with Gasteiger partial charge in [-0.15, -0.1) is 0 Å². The van der Waals surface area contributed by atoms with Crippen LogP contribution in [0.5, 0.6) is 0 Å². The SMILES string of the molecule is CCOC(=O)c1c(C)nsc1NCC(F)(F)F. The molecule has 96 valence electrons. The lowest BCUT2D eigenvalue weighted by Crippen LogP contribution is -2.22. The summed E-state index contributed by atoms with van der Waals surface area (Å²) in [4.78, 5) is 11.5. The average Bonchev–Trinajstić information content (AvgIpc) is 2.56. The van der Waals surface area contributed by atoms with Crippen molar-refractivity contribution in [3.63, 3.8) is 0 Å². The summed E-state index contributed by atoms with van der Waals surface area (Å²) >= 11 is 0.809. The summed E-state index contributed by atoms with van der Waals surface area (Å²) in [5.41, 5.74) is 0.430. The number of esters is 1. The monoisotopic (exact) mass is 268 g/mol. The van der Waals surface area contributed by atoms with E-state index in [1.54, 1.807) is 13.8 Å². The predicted octanol–water partition coefficient (Wildman–Crippen LogP) is 2.60. The maximum atomic E-state index is 12.0. The maximum absolute atomic E-state index is 12.0. The molecule has 0 amide bonds. The molecule has 17 heavy (non-hydrogen) atoms. The summed E-state index contributed by atoms with van der Waals surface area (Å²) in [5, 5.41) is 2.23. The first kappa shape index (κ1) is 13.8. The first-order valence-electron chi connectivity index (χ1n) is 4.79. The van der Waals surface area contributed by atoms with Gasteiger partial charge in [0.05, 0.1) is 12.3 Å². The Labute approximate surface area is 99.9 Å². The van der Waals surface area contributed by atoms with E-state index in [2.05, 4.69) is 9.69 Å². The molecule has 1 aromatic rings. The van der Waals surface area contributed by atoms with Crippen molar-refractivity contribution in [2.75, 3.05) is 18.5 Å². The van der Waals surface area contributed by atoms with Gasteiger partial charge >= 0.3 is 12.1 Å². The van der Waals surface area contributed by atoms with Crippen LogP contribution < -0.4 is 5.32 Å². The highest BCUT2D eigenvalue weighted by Crippen LogP contribution is 2.26. The lowest BCUT2D eigenvalue weighted by molar-refractivity contribution is -0.115. The largest absolute Gasteiger partial charge is 0.462 e. The molecule has 1 heterocycles. The second-order valence-electron chi connectivity index (χ2n) is 3.16. The molecule has 0 aliphatic carbocycles. The Hall–Kier alpha value is -1.31. The standard InChI is InChI=1S/C9H11F3N2O2S/c1-3-16-8(15)6-5(2)14-17-7(6)13-4-9(10,11)12/h13H,3-4H2,1-2H3. The molecule has 8 heteroatoms. The summed E-state index contributed by atoms with van der Waals surface area (Å²) in [5.74, 6) is -0.663. The quantitative estimate of drug-likeness (QED) is 0.853. The second kappa shape index (κ2) is 5.35. The van der Waals surface area contributed by atoms with Crippen LogP contribution in [-0.2, 0) is 4.74 Å². The lowest BCUT2D eigenvalue weighted by Gasteiger charge is -2.09. The predicted molar refractivity (Wildman–Crippen MR) is 57.4 cm³/mol. The van der Waals surface area contributed by atoms with Crippen molar-refractivity contribution in [2.45, 2.75) is 20.0 Å². The van der Waals surface area contributed by atoms with Gasteiger partial charge in [0, 0.05) is 0 Å². The molecule has 0 radical (unpaired) electrons. The number of hydrogen-bond acceptors (Lipinski definition) is 5. The number of nitrogens with one attached hydrogen (secondary N) is 1. The van der Waals surface area contributed by atoms with Gasteiger partial charge in [0.1, 0.15) is 17.1 Å². The third-order valence-corrected chi connectivity index (χ3v) is 2.69. The minimum absolute atomic E-state index is 0.0705. The Bertz CT molecular complexity index is 403. The number of nitrogens with zero attached hydrogens (tertiary/aromatic N) is 1. The fourth-order valence-corrected chi connectivity index (χ4v) is 1.89. The molecule has 1 N–H and O–H groups in total. The van der Waals surface area contributed by atoms with Crippen molar-refractivity contribution < 1.29 is 22.7 Å². The molecule has 0 aliphatic heterocycles. The lowest BCUT2D eigenvalue weighted by atomic mass is 10.2. The van der Waals surface area contributed by atoms with Gasteiger partial charge in [0.2, 0.25) is 0 Å². The van der Waals surface area contributed by atoms with E-state index in [9.17, 15) is 18.0 Å². The van der Waals surface area contributed by atoms with E-state index >= 15 is 0 Å². The van der Waals surface area contributed by atoms with Crippen LogP contribution in [0.25, 0.3) is 0 Å². The molecule has 4 nitrogen and oxygen atoms in total. The highest BCUT2D eigenvalue weighted by atomic mass is 32.1. The van der Waals surface area contributed by atoms with Crippen LogP contribution in [0.3, 0.4) is 0 Å². The average molecular weight is 268 g/mol. The second-order valence-corrected chi connectivity index (χ2v) is 3.93. The maximum Gasteiger partial charge on any atom is 0.405 e. The Balaban J connectivity index is 2.83. The molecular formula is C9H11F3N2O2S. The highest BCUT2D eigenvalue weighted by molar-refractivity contribution is 7.10. The van der Waals surface area contributed by atoms with Crippen molar-refractivity contribution in [2.24, 2.45) is 0 Å². The van der Waals surface area contributed by atoms with E-state index in [1.807, 2.05) is 0 Å². The molecule has 0 bridgehead atoms. The van der Waals surface area contributed by atoms with Crippen molar-refractivity contribution in [3.05, 3.63) is 11.3 Å². The van der Waals surface area contributed by atoms with E-state index in [4.69, 9.17) is 4.74 Å². The third kappa shape index (κ3) is 3.88. The molecule has 0 aliphatic rings. The van der Waals surface area contributed by atoms with Gasteiger partial charge in [-0.2, -0.15) is 17.5 Å². The van der Waals surface area contributed by atoms with E-state index in [0.717, 1.165) is 11.5 Å². The Morgan fingerprint density at radius 1 is 1.53 bits per heavy atom. The summed E-state index contributed by atoms with van der Waals surface area (Å²) in [7, 11) is 0. The van der Waals surface area contributed by atoms with E-state index in [0.29, 0.717) is 5.69 Å². The zero-order valence-corrected chi connectivity index (χ0v) is 10.0. The minimum Gasteiger partial charge on any atom is -0.462 e. The van der Waals surface area contributed by atoms with E-state index < -0.39 is 18.7 Å². The molecule has 0 fully saturated rings. The molecule has 0 aromatic carbocycles. The van der Waals surface area contributed by atoms with Crippen molar-refractivity contribution in [1.29, 1.82) is 0 Å². The molecule has 0 spiro atoms. The van der Waals surface area contributed by atoms with Crippen LogP contribution in [0, 0.1) is 6.92 Å². The van der Waals surface area contributed by atoms with E-state index in [-0.39, 0.29) is 17.2 Å². The number of rotatable bonds is 4. The summed E-state index contributed by atoms with van der Waals surface area (Å²) in [6, 6.07) is 0. The van der Waals surface area contributed by atoms with Crippen LogP contribution in [0.15, 0.2) is 0 Å². The zero-order valence-electron chi connectivity index (χ0n) is 9.22. The number of alkyl halides is 3. The number of aryl methyl sites for hydroxylation is 1. The number of anilines is 1. The van der Waals surface area contributed by atoms with Gasteiger partial charge in [-0.1, -0.05) is 0 Å². The number of hydrogen-bond donors (Lipinski definition) is 1. The third-order valence-electron chi connectivity index (χ3n) is 1.79. The molecule has 0 atom stereocenters. The molecule has 0 unspecified atom stereocenters. The van der Waals surface area contributed by atoms with Crippen LogP contribution in [0.4, 0.5) is 18.2 Å². The first-order valence-corrected chi connectivity index (χ1v) is 5.56. The number of halogens is 3. The fraction of sp³-hybridized carbons (Fsp3) is 0.556. The molecular weight excluding hydrogens is 257 g/mol. The van der Waals surface area contributed by atoms with Gasteiger partial charge in [0.15, 0.2) is 0 Å². The Morgan fingerprint density at radius 3 is 2.71 bits per heavy atom. The van der Waals surface area contributed by atoms with Gasteiger partial charge < -0.3 is 10.1 Å². The summed E-state index contributed by atoms with van der Waals surface area (Å²) in [6.45, 7) is 2.12. The zero-order chi connectivity index (χ0) is 13.1.